The molecule has 0 radical (unpaired) electrons. The van der Waals surface area contributed by atoms with Crippen molar-refractivity contribution in [3.8, 4) is 0 Å². The van der Waals surface area contributed by atoms with Crippen molar-refractivity contribution >= 4 is 8.32 Å². The molecule has 0 bridgehead atoms. The maximum atomic E-state index is 5.85. The van der Waals surface area contributed by atoms with Crippen molar-refractivity contribution in [1.82, 2.24) is 4.90 Å². The number of nitrogens with zero attached hydrogens (tertiary/aromatic N) is 1. The molecule has 0 amide bonds. The van der Waals surface area contributed by atoms with E-state index in [0.717, 1.165) is 6.61 Å². The summed E-state index contributed by atoms with van der Waals surface area (Å²) in [5.41, 5.74) is 0. The van der Waals surface area contributed by atoms with Crippen molar-refractivity contribution in [2.75, 3.05) is 13.2 Å². The fourth-order valence-electron chi connectivity index (χ4n) is 2.26. The summed E-state index contributed by atoms with van der Waals surface area (Å²) >= 11 is 0. The standard InChI is InChI=1S/C13H31NOSi/c1-8-15-16(6,7)11-9-10-14(12(2)3)13(4)5/h12-13H,8-11H2,1-7H3. The lowest BCUT2D eigenvalue weighted by Crippen LogP contribution is -2.39. The van der Waals surface area contributed by atoms with E-state index in [-0.39, 0.29) is 0 Å². The Morgan fingerprint density at radius 2 is 1.56 bits per heavy atom. The van der Waals surface area contributed by atoms with Gasteiger partial charge in [-0.3, -0.25) is 4.90 Å². The molecule has 0 aliphatic heterocycles. The van der Waals surface area contributed by atoms with E-state index in [1.807, 2.05) is 0 Å². The van der Waals surface area contributed by atoms with Gasteiger partial charge in [0.2, 0.25) is 0 Å². The van der Waals surface area contributed by atoms with Gasteiger partial charge < -0.3 is 4.43 Å². The Bertz CT molecular complexity index is 173. The third-order valence-electron chi connectivity index (χ3n) is 3.06. The van der Waals surface area contributed by atoms with Crippen LogP contribution in [0.4, 0.5) is 0 Å². The molecule has 0 aromatic heterocycles. The highest BCUT2D eigenvalue weighted by Crippen LogP contribution is 2.15. The van der Waals surface area contributed by atoms with Crippen LogP contribution in [0.2, 0.25) is 19.1 Å². The van der Waals surface area contributed by atoms with E-state index in [4.69, 9.17) is 4.43 Å². The Balaban J connectivity index is 3.95. The zero-order chi connectivity index (χ0) is 12.8. The number of hydrogen-bond acceptors (Lipinski definition) is 2. The first kappa shape index (κ1) is 16.1. The minimum Gasteiger partial charge on any atom is -0.418 e. The summed E-state index contributed by atoms with van der Waals surface area (Å²) in [6.45, 7) is 18.0. The lowest BCUT2D eigenvalue weighted by Gasteiger charge is -2.31. The number of hydrogen-bond donors (Lipinski definition) is 0. The van der Waals surface area contributed by atoms with Crippen LogP contribution in [-0.4, -0.2) is 38.5 Å². The second kappa shape index (κ2) is 7.46. The highest BCUT2D eigenvalue weighted by Gasteiger charge is 2.22. The zero-order valence-electron chi connectivity index (χ0n) is 12.3. The second-order valence-electron chi connectivity index (χ2n) is 5.72. The molecule has 2 nitrogen and oxygen atoms in total. The van der Waals surface area contributed by atoms with Gasteiger partial charge in [0.1, 0.15) is 0 Å². The van der Waals surface area contributed by atoms with Crippen LogP contribution in [0.5, 0.6) is 0 Å². The minimum absolute atomic E-state index is 0.650. The molecule has 0 aliphatic rings. The van der Waals surface area contributed by atoms with Crippen LogP contribution in [-0.2, 0) is 4.43 Å². The Morgan fingerprint density at radius 1 is 1.06 bits per heavy atom. The van der Waals surface area contributed by atoms with Gasteiger partial charge in [0.05, 0.1) is 0 Å². The van der Waals surface area contributed by atoms with Gasteiger partial charge in [-0.25, -0.2) is 0 Å². The van der Waals surface area contributed by atoms with E-state index in [0.29, 0.717) is 12.1 Å². The van der Waals surface area contributed by atoms with Gasteiger partial charge in [-0.15, -0.1) is 0 Å². The van der Waals surface area contributed by atoms with Gasteiger partial charge in [0, 0.05) is 18.7 Å². The molecule has 0 heterocycles. The largest absolute Gasteiger partial charge is 0.418 e. The molecule has 0 unspecified atom stereocenters. The van der Waals surface area contributed by atoms with Gasteiger partial charge >= 0.3 is 0 Å². The SMILES string of the molecule is CCO[Si](C)(C)CCCN(C(C)C)C(C)C. The molecule has 0 saturated heterocycles. The smallest absolute Gasteiger partial charge is 0.186 e. The summed E-state index contributed by atoms with van der Waals surface area (Å²) in [6.07, 6.45) is 1.27. The molecule has 0 aromatic rings. The summed E-state index contributed by atoms with van der Waals surface area (Å²) in [5.74, 6) is 0. The summed E-state index contributed by atoms with van der Waals surface area (Å²) in [6, 6.07) is 2.57. The third kappa shape index (κ3) is 6.66. The van der Waals surface area contributed by atoms with Crippen LogP contribution in [0.25, 0.3) is 0 Å². The predicted octanol–water partition coefficient (Wildman–Crippen LogP) is 3.74. The summed E-state index contributed by atoms with van der Waals surface area (Å²) in [5, 5.41) is 0. The van der Waals surface area contributed by atoms with Crippen LogP contribution in [0.15, 0.2) is 0 Å². The summed E-state index contributed by atoms with van der Waals surface area (Å²) in [7, 11) is -1.37. The van der Waals surface area contributed by atoms with E-state index in [1.54, 1.807) is 0 Å². The topological polar surface area (TPSA) is 12.5 Å². The van der Waals surface area contributed by atoms with E-state index < -0.39 is 8.32 Å². The molecule has 0 N–H and O–H groups in total. The van der Waals surface area contributed by atoms with E-state index in [2.05, 4.69) is 52.6 Å². The van der Waals surface area contributed by atoms with Gasteiger partial charge in [-0.1, -0.05) is 0 Å². The second-order valence-corrected chi connectivity index (χ2v) is 10.0. The Kier molecular flexibility index (Phi) is 7.52. The predicted molar refractivity (Wildman–Crippen MR) is 75.5 cm³/mol. The van der Waals surface area contributed by atoms with Crippen molar-refractivity contribution in [3.63, 3.8) is 0 Å². The van der Waals surface area contributed by atoms with Crippen LogP contribution in [0.3, 0.4) is 0 Å². The van der Waals surface area contributed by atoms with Gasteiger partial charge in [-0.05, 0) is 66.7 Å². The molecule has 0 rings (SSSR count). The highest BCUT2D eigenvalue weighted by atomic mass is 28.4. The van der Waals surface area contributed by atoms with Crippen LogP contribution in [0, 0.1) is 0 Å². The van der Waals surface area contributed by atoms with Crippen molar-refractivity contribution in [3.05, 3.63) is 0 Å². The minimum atomic E-state index is -1.37. The van der Waals surface area contributed by atoms with Gasteiger partial charge in [-0.2, -0.15) is 0 Å². The van der Waals surface area contributed by atoms with Crippen LogP contribution < -0.4 is 0 Å². The quantitative estimate of drug-likeness (QED) is 0.604. The Hall–Kier alpha value is 0.137. The van der Waals surface area contributed by atoms with Crippen LogP contribution in [0.1, 0.15) is 41.0 Å². The number of rotatable bonds is 8. The van der Waals surface area contributed by atoms with Crippen molar-refractivity contribution < 1.29 is 4.43 Å². The van der Waals surface area contributed by atoms with Crippen molar-refractivity contribution in [2.24, 2.45) is 0 Å². The molecule has 98 valence electrons. The average Bonchev–Trinajstić information content (AvgIpc) is 2.10. The van der Waals surface area contributed by atoms with Gasteiger partial charge in [0.25, 0.3) is 0 Å². The maximum absolute atomic E-state index is 5.85. The van der Waals surface area contributed by atoms with E-state index >= 15 is 0 Å². The molecule has 0 aliphatic carbocycles. The first-order chi connectivity index (χ1) is 7.30. The Labute approximate surface area is 103 Å². The molecule has 16 heavy (non-hydrogen) atoms. The van der Waals surface area contributed by atoms with Crippen molar-refractivity contribution in [2.45, 2.75) is 72.3 Å². The zero-order valence-corrected chi connectivity index (χ0v) is 13.3. The molecule has 0 atom stereocenters. The molecular weight excluding hydrogens is 214 g/mol. The summed E-state index contributed by atoms with van der Waals surface area (Å²) < 4.78 is 5.85. The first-order valence-electron chi connectivity index (χ1n) is 6.70. The van der Waals surface area contributed by atoms with Crippen LogP contribution >= 0.6 is 0 Å². The monoisotopic (exact) mass is 245 g/mol. The molecule has 0 fully saturated rings. The molecule has 3 heteroatoms. The average molecular weight is 245 g/mol. The maximum Gasteiger partial charge on any atom is 0.186 e. The third-order valence-corrected chi connectivity index (χ3v) is 5.68. The van der Waals surface area contributed by atoms with Crippen molar-refractivity contribution in [1.29, 1.82) is 0 Å². The van der Waals surface area contributed by atoms with E-state index in [1.165, 1.54) is 19.0 Å². The lowest BCUT2D eigenvalue weighted by atomic mass is 10.2. The lowest BCUT2D eigenvalue weighted by molar-refractivity contribution is 0.174. The molecular formula is C13H31NOSi. The van der Waals surface area contributed by atoms with E-state index in [9.17, 15) is 0 Å². The fraction of sp³-hybridized carbons (Fsp3) is 1.00. The molecule has 0 saturated carbocycles. The van der Waals surface area contributed by atoms with Gasteiger partial charge in [0.15, 0.2) is 8.32 Å². The molecule has 0 spiro atoms. The highest BCUT2D eigenvalue weighted by molar-refractivity contribution is 6.71. The normalized spacial score (nSPS) is 13.1. The first-order valence-corrected chi connectivity index (χ1v) is 9.81. The molecule has 0 aromatic carbocycles. The summed E-state index contributed by atoms with van der Waals surface area (Å²) in [4.78, 5) is 2.57. The Morgan fingerprint density at radius 3 is 1.94 bits per heavy atom. The fourth-order valence-corrected chi connectivity index (χ4v) is 4.20.